The summed E-state index contributed by atoms with van der Waals surface area (Å²) in [6, 6.07) is 5.52. The maximum atomic E-state index is 11.7. The monoisotopic (exact) mass is 316 g/mol. The van der Waals surface area contributed by atoms with E-state index in [0.29, 0.717) is 35.2 Å². The van der Waals surface area contributed by atoms with Crippen molar-refractivity contribution in [2.24, 2.45) is 0 Å². The number of hydrogen-bond donors (Lipinski definition) is 2. The maximum Gasteiger partial charge on any atom is 0.220 e. The average Bonchev–Trinajstić information content (AvgIpc) is 2.92. The van der Waals surface area contributed by atoms with Crippen molar-refractivity contribution >= 4 is 29.1 Å². The minimum absolute atomic E-state index is 0.0690. The van der Waals surface area contributed by atoms with Gasteiger partial charge >= 0.3 is 0 Å². The van der Waals surface area contributed by atoms with E-state index in [4.69, 9.17) is 27.9 Å². The lowest BCUT2D eigenvalue weighted by atomic mass is 10.2. The van der Waals surface area contributed by atoms with Gasteiger partial charge in [0, 0.05) is 19.0 Å². The van der Waals surface area contributed by atoms with E-state index in [9.17, 15) is 4.79 Å². The summed E-state index contributed by atoms with van der Waals surface area (Å²) >= 11 is 11.9. The molecule has 2 rings (SSSR count). The van der Waals surface area contributed by atoms with Gasteiger partial charge in [-0.25, -0.2) is 0 Å². The van der Waals surface area contributed by atoms with Gasteiger partial charge in [0.25, 0.3) is 0 Å². The molecule has 1 aromatic rings. The lowest BCUT2D eigenvalue weighted by Gasteiger charge is -2.12. The molecule has 6 heteroatoms. The molecule has 1 saturated heterocycles. The highest BCUT2D eigenvalue weighted by molar-refractivity contribution is 6.42. The molecule has 1 heterocycles. The Morgan fingerprint density at radius 3 is 3.05 bits per heavy atom. The van der Waals surface area contributed by atoms with Crippen molar-refractivity contribution in [3.8, 4) is 5.75 Å². The minimum atomic E-state index is 0.0690. The Labute approximate surface area is 128 Å². The van der Waals surface area contributed by atoms with E-state index in [2.05, 4.69) is 10.6 Å². The fourth-order valence-electron chi connectivity index (χ4n) is 2.09. The van der Waals surface area contributed by atoms with E-state index >= 15 is 0 Å². The molecule has 0 aliphatic carbocycles. The fourth-order valence-corrected chi connectivity index (χ4v) is 2.43. The standard InChI is InChI=1S/C14H18Cl2N2O2/c15-11-3-1-4-12(14(11)16)20-8-2-5-13(19)18-10-6-7-17-9-10/h1,3-4,10,17H,2,5-9H2,(H,18,19). The van der Waals surface area contributed by atoms with Crippen LogP contribution >= 0.6 is 23.2 Å². The van der Waals surface area contributed by atoms with E-state index in [0.717, 1.165) is 19.5 Å². The molecule has 1 atom stereocenters. The van der Waals surface area contributed by atoms with Crippen molar-refractivity contribution in [2.45, 2.75) is 25.3 Å². The lowest BCUT2D eigenvalue weighted by molar-refractivity contribution is -0.121. The van der Waals surface area contributed by atoms with Gasteiger partial charge in [-0.3, -0.25) is 4.79 Å². The summed E-state index contributed by atoms with van der Waals surface area (Å²) < 4.78 is 5.53. The highest BCUT2D eigenvalue weighted by Crippen LogP contribution is 2.31. The number of carbonyl (C=O) groups is 1. The second-order valence-corrected chi connectivity index (χ2v) is 5.55. The molecule has 0 spiro atoms. The summed E-state index contributed by atoms with van der Waals surface area (Å²) in [5.41, 5.74) is 0. The highest BCUT2D eigenvalue weighted by atomic mass is 35.5. The predicted octanol–water partition coefficient (Wildman–Crippen LogP) is 2.63. The van der Waals surface area contributed by atoms with Crippen LogP contribution in [0.5, 0.6) is 5.75 Å². The van der Waals surface area contributed by atoms with Crippen LogP contribution in [0.15, 0.2) is 18.2 Å². The molecule has 0 radical (unpaired) electrons. The molecule has 0 saturated carbocycles. The Morgan fingerprint density at radius 1 is 1.45 bits per heavy atom. The number of rotatable bonds is 6. The first kappa shape index (κ1) is 15.4. The molecule has 0 bridgehead atoms. The van der Waals surface area contributed by atoms with Gasteiger partial charge in [0.15, 0.2) is 0 Å². The number of benzene rings is 1. The maximum absolute atomic E-state index is 11.7. The number of halogens is 2. The Balaban J connectivity index is 1.65. The van der Waals surface area contributed by atoms with E-state index in [-0.39, 0.29) is 11.9 Å². The van der Waals surface area contributed by atoms with Crippen molar-refractivity contribution in [3.05, 3.63) is 28.2 Å². The van der Waals surface area contributed by atoms with Gasteiger partial charge in [0.2, 0.25) is 5.91 Å². The van der Waals surface area contributed by atoms with Crippen LogP contribution in [-0.4, -0.2) is 31.6 Å². The van der Waals surface area contributed by atoms with E-state index < -0.39 is 0 Å². The number of hydrogen-bond acceptors (Lipinski definition) is 3. The molecule has 110 valence electrons. The zero-order chi connectivity index (χ0) is 14.4. The molecule has 1 fully saturated rings. The normalized spacial score (nSPS) is 18.0. The molecule has 1 aromatic carbocycles. The van der Waals surface area contributed by atoms with Gasteiger partial charge in [-0.15, -0.1) is 0 Å². The van der Waals surface area contributed by atoms with E-state index in [1.165, 1.54) is 0 Å². The highest BCUT2D eigenvalue weighted by Gasteiger charge is 2.16. The van der Waals surface area contributed by atoms with Crippen molar-refractivity contribution in [3.63, 3.8) is 0 Å². The van der Waals surface area contributed by atoms with E-state index in [1.54, 1.807) is 18.2 Å². The number of ether oxygens (including phenoxy) is 1. The summed E-state index contributed by atoms with van der Waals surface area (Å²) in [5.74, 6) is 0.624. The first-order chi connectivity index (χ1) is 9.66. The van der Waals surface area contributed by atoms with Crippen LogP contribution in [0.3, 0.4) is 0 Å². The van der Waals surface area contributed by atoms with Crippen LogP contribution in [-0.2, 0) is 4.79 Å². The van der Waals surface area contributed by atoms with Gasteiger partial charge in [0.05, 0.1) is 11.6 Å². The smallest absolute Gasteiger partial charge is 0.220 e. The summed E-state index contributed by atoms with van der Waals surface area (Å²) in [6.45, 7) is 2.28. The first-order valence-electron chi connectivity index (χ1n) is 6.73. The molecule has 4 nitrogen and oxygen atoms in total. The third kappa shape index (κ3) is 4.54. The number of nitrogens with one attached hydrogen (secondary N) is 2. The minimum Gasteiger partial charge on any atom is -0.492 e. The van der Waals surface area contributed by atoms with Crippen LogP contribution in [0, 0.1) is 0 Å². The molecule has 20 heavy (non-hydrogen) atoms. The van der Waals surface area contributed by atoms with Gasteiger partial charge in [-0.1, -0.05) is 29.3 Å². The molecular weight excluding hydrogens is 299 g/mol. The molecule has 1 aliphatic heterocycles. The van der Waals surface area contributed by atoms with Crippen LogP contribution < -0.4 is 15.4 Å². The zero-order valence-electron chi connectivity index (χ0n) is 11.1. The number of carbonyl (C=O) groups excluding carboxylic acids is 1. The number of amides is 1. The molecule has 1 unspecified atom stereocenters. The average molecular weight is 317 g/mol. The molecule has 2 N–H and O–H groups in total. The zero-order valence-corrected chi connectivity index (χ0v) is 12.6. The quantitative estimate of drug-likeness (QED) is 0.793. The largest absolute Gasteiger partial charge is 0.492 e. The van der Waals surface area contributed by atoms with E-state index in [1.807, 2.05) is 0 Å². The van der Waals surface area contributed by atoms with Gasteiger partial charge in [-0.2, -0.15) is 0 Å². The summed E-state index contributed by atoms with van der Waals surface area (Å²) in [7, 11) is 0. The fraction of sp³-hybridized carbons (Fsp3) is 0.500. The first-order valence-corrected chi connectivity index (χ1v) is 7.49. The lowest BCUT2D eigenvalue weighted by Crippen LogP contribution is -2.36. The molecule has 1 aliphatic rings. The SMILES string of the molecule is O=C(CCCOc1cccc(Cl)c1Cl)NC1CCNC1. The van der Waals surface area contributed by atoms with Gasteiger partial charge < -0.3 is 15.4 Å². The molecular formula is C14H18Cl2N2O2. The topological polar surface area (TPSA) is 50.4 Å². The van der Waals surface area contributed by atoms with Crippen LogP contribution in [0.1, 0.15) is 19.3 Å². The second-order valence-electron chi connectivity index (χ2n) is 4.76. The third-order valence-electron chi connectivity index (χ3n) is 3.15. The van der Waals surface area contributed by atoms with Crippen LogP contribution in [0.2, 0.25) is 10.0 Å². The van der Waals surface area contributed by atoms with Crippen molar-refractivity contribution in [1.82, 2.24) is 10.6 Å². The van der Waals surface area contributed by atoms with Crippen molar-refractivity contribution < 1.29 is 9.53 Å². The van der Waals surface area contributed by atoms with Gasteiger partial charge in [-0.05, 0) is 31.5 Å². The van der Waals surface area contributed by atoms with Crippen LogP contribution in [0.25, 0.3) is 0 Å². The molecule has 1 amide bonds. The second kappa shape index (κ2) is 7.72. The Kier molecular flexibility index (Phi) is 5.95. The van der Waals surface area contributed by atoms with Crippen molar-refractivity contribution in [2.75, 3.05) is 19.7 Å². The summed E-state index contributed by atoms with van der Waals surface area (Å²) in [5, 5.41) is 7.09. The Bertz CT molecular complexity index is 462. The summed E-state index contributed by atoms with van der Waals surface area (Å²) in [4.78, 5) is 11.7. The molecule has 0 aromatic heterocycles. The summed E-state index contributed by atoms with van der Waals surface area (Å²) in [6.07, 6.45) is 2.10. The Hall–Kier alpha value is -0.970. The third-order valence-corrected chi connectivity index (χ3v) is 3.95. The Morgan fingerprint density at radius 2 is 2.30 bits per heavy atom. The predicted molar refractivity (Wildman–Crippen MR) is 80.6 cm³/mol. The van der Waals surface area contributed by atoms with Crippen molar-refractivity contribution in [1.29, 1.82) is 0 Å². The van der Waals surface area contributed by atoms with Gasteiger partial charge in [0.1, 0.15) is 10.8 Å². The van der Waals surface area contributed by atoms with Crippen LogP contribution in [0.4, 0.5) is 0 Å².